The number of piperidine rings is 1. The van der Waals surface area contributed by atoms with Gasteiger partial charge in [0.2, 0.25) is 0 Å². The van der Waals surface area contributed by atoms with Crippen LogP contribution >= 0.6 is 24.0 Å². The van der Waals surface area contributed by atoms with E-state index in [1.165, 1.54) is 31.5 Å². The number of aromatic carboxylic acids is 1. The Bertz CT molecular complexity index is 1520. The van der Waals surface area contributed by atoms with Crippen LogP contribution in [0.15, 0.2) is 48.7 Å². The first-order valence-electron chi connectivity index (χ1n) is 15.1. The van der Waals surface area contributed by atoms with Gasteiger partial charge in [-0.25, -0.2) is 4.79 Å². The molecule has 4 fully saturated rings. The smallest absolute Gasteiger partial charge is 0.433 e. The monoisotopic (exact) mass is 649 g/mol. The Labute approximate surface area is 266 Å². The van der Waals surface area contributed by atoms with Gasteiger partial charge in [-0.15, -0.1) is 12.4 Å². The molecule has 7 nitrogen and oxygen atoms in total. The largest absolute Gasteiger partial charge is 0.478 e. The number of carbonyl (C=O) groups is 1. The van der Waals surface area contributed by atoms with E-state index in [0.717, 1.165) is 65.2 Å². The summed E-state index contributed by atoms with van der Waals surface area (Å²) in [5.41, 5.74) is 2.68. The summed E-state index contributed by atoms with van der Waals surface area (Å²) in [7, 11) is 0. The minimum Gasteiger partial charge on any atom is -0.478 e. The van der Waals surface area contributed by atoms with Crippen LogP contribution in [0.1, 0.15) is 54.2 Å². The van der Waals surface area contributed by atoms with Gasteiger partial charge < -0.3 is 14.9 Å². The van der Waals surface area contributed by atoms with Gasteiger partial charge in [0.15, 0.2) is 5.69 Å². The second kappa shape index (κ2) is 11.8. The number of aromatic nitrogens is 2. The van der Waals surface area contributed by atoms with Crippen molar-refractivity contribution in [3.8, 4) is 11.1 Å². The van der Waals surface area contributed by atoms with Crippen molar-refractivity contribution in [2.75, 3.05) is 55.6 Å². The molecule has 2 saturated carbocycles. The highest BCUT2D eigenvalue weighted by molar-refractivity contribution is 6.31. The van der Waals surface area contributed by atoms with E-state index in [0.29, 0.717) is 24.4 Å². The van der Waals surface area contributed by atoms with Crippen molar-refractivity contribution >= 4 is 41.4 Å². The quantitative estimate of drug-likeness (QED) is 0.294. The van der Waals surface area contributed by atoms with Gasteiger partial charge in [-0.3, -0.25) is 9.58 Å². The summed E-state index contributed by atoms with van der Waals surface area (Å²) in [5.74, 6) is -0.714. The Morgan fingerprint density at radius 1 is 1.02 bits per heavy atom. The number of halogens is 5. The Hall–Kier alpha value is -2.95. The fraction of sp³-hybridized carbons (Fsp3) is 0.500. The highest BCUT2D eigenvalue weighted by atomic mass is 35.5. The molecule has 2 unspecified atom stereocenters. The first-order chi connectivity index (χ1) is 20.6. The van der Waals surface area contributed by atoms with Crippen molar-refractivity contribution in [2.24, 2.45) is 11.3 Å². The number of nitrogens with zero attached hydrogens (tertiary/aromatic N) is 5. The van der Waals surface area contributed by atoms with Gasteiger partial charge in [0.05, 0.1) is 12.2 Å². The lowest BCUT2D eigenvalue weighted by atomic mass is 9.99. The number of carboxylic acids is 1. The number of anilines is 2. The number of hydrogen-bond donors (Lipinski definition) is 1. The van der Waals surface area contributed by atoms with Gasteiger partial charge in [-0.2, -0.15) is 18.3 Å². The third kappa shape index (κ3) is 6.00. The first kappa shape index (κ1) is 31.0. The van der Waals surface area contributed by atoms with Crippen LogP contribution in [0.5, 0.6) is 0 Å². The van der Waals surface area contributed by atoms with Gasteiger partial charge in [0.1, 0.15) is 5.56 Å². The maximum absolute atomic E-state index is 13.9. The SMILES string of the molecule is Cl.O=C(O)c1cnn(C2CCCN(c3cc(Cl)ccc3-c3ccc(N4CCN(CC5CC56CC6)CC4)cc3)C2)c1C(F)(F)F. The van der Waals surface area contributed by atoms with E-state index in [2.05, 4.69) is 39.2 Å². The molecular weight excluding hydrogens is 614 g/mol. The summed E-state index contributed by atoms with van der Waals surface area (Å²) < 4.78 is 42.6. The fourth-order valence-electron chi connectivity index (χ4n) is 7.28. The van der Waals surface area contributed by atoms with Crippen molar-refractivity contribution in [3.63, 3.8) is 0 Å². The molecule has 7 rings (SSSR count). The maximum Gasteiger partial charge on any atom is 0.433 e. The van der Waals surface area contributed by atoms with Crippen LogP contribution < -0.4 is 9.80 Å². The number of benzene rings is 2. The highest BCUT2D eigenvalue weighted by Gasteiger charge is 2.62. The normalized spacial score (nSPS) is 23.0. The Morgan fingerprint density at radius 3 is 2.39 bits per heavy atom. The number of hydrogen-bond acceptors (Lipinski definition) is 5. The standard InChI is InChI=1S/C32H35ClF3N5O2.ClH/c33-23-5-8-26(21-3-6-24(7-4-21)39-14-12-38(13-15-39)19-22-17-31(22)9-10-31)28(16-23)40-11-1-2-25(20-40)41-29(32(34,35)36)27(18-37-41)30(42)43;/h3-8,16,18,22,25H,1-2,9-15,17,19-20H2,(H,42,43);1H. The molecule has 2 atom stereocenters. The van der Waals surface area contributed by atoms with E-state index in [4.69, 9.17) is 11.6 Å². The second-order valence-corrected chi connectivity index (χ2v) is 13.1. The molecule has 1 spiro atoms. The van der Waals surface area contributed by atoms with E-state index in [9.17, 15) is 23.1 Å². The average molecular weight is 651 g/mol. The highest BCUT2D eigenvalue weighted by Crippen LogP contribution is 2.70. The zero-order valence-electron chi connectivity index (χ0n) is 24.3. The molecule has 0 radical (unpaired) electrons. The van der Waals surface area contributed by atoms with Crippen molar-refractivity contribution in [2.45, 2.75) is 44.3 Å². The average Bonchev–Trinajstić information content (AvgIpc) is 3.86. The molecule has 4 aliphatic rings. The van der Waals surface area contributed by atoms with Gasteiger partial charge >= 0.3 is 12.1 Å². The lowest BCUT2D eigenvalue weighted by Crippen LogP contribution is -2.47. The predicted octanol–water partition coefficient (Wildman–Crippen LogP) is 7.11. The Balaban J connectivity index is 0.00000343. The predicted molar refractivity (Wildman–Crippen MR) is 167 cm³/mol. The van der Waals surface area contributed by atoms with Crippen LogP contribution in [0.3, 0.4) is 0 Å². The Morgan fingerprint density at radius 2 is 1.75 bits per heavy atom. The zero-order chi connectivity index (χ0) is 29.9. The summed E-state index contributed by atoms with van der Waals surface area (Å²) in [6.45, 7) is 6.35. The summed E-state index contributed by atoms with van der Waals surface area (Å²) in [5, 5.41) is 13.8. The molecule has 236 valence electrons. The van der Waals surface area contributed by atoms with Crippen LogP contribution in [-0.2, 0) is 6.18 Å². The number of carboxylic acid groups (broad SMARTS) is 1. The van der Waals surface area contributed by atoms with Crippen LogP contribution in [0.25, 0.3) is 11.1 Å². The van der Waals surface area contributed by atoms with Crippen molar-refractivity contribution in [3.05, 3.63) is 64.9 Å². The summed E-state index contributed by atoms with van der Waals surface area (Å²) in [6.07, 6.45) is 1.36. The molecule has 12 heteroatoms. The van der Waals surface area contributed by atoms with Crippen LogP contribution in [-0.4, -0.2) is 71.6 Å². The van der Waals surface area contributed by atoms with E-state index in [1.807, 2.05) is 23.1 Å². The first-order valence-corrected chi connectivity index (χ1v) is 15.5. The van der Waals surface area contributed by atoms with Gasteiger partial charge in [-0.05, 0) is 73.3 Å². The van der Waals surface area contributed by atoms with E-state index >= 15 is 0 Å². The lowest BCUT2D eigenvalue weighted by Gasteiger charge is -2.37. The van der Waals surface area contributed by atoms with Crippen molar-refractivity contribution in [1.82, 2.24) is 14.7 Å². The molecule has 2 saturated heterocycles. The number of rotatable bonds is 7. The summed E-state index contributed by atoms with van der Waals surface area (Å²) >= 11 is 6.42. The molecule has 44 heavy (non-hydrogen) atoms. The minimum absolute atomic E-state index is 0. The molecule has 3 aromatic rings. The lowest BCUT2D eigenvalue weighted by molar-refractivity contribution is -0.145. The molecule has 2 aliphatic heterocycles. The van der Waals surface area contributed by atoms with Gasteiger partial charge in [0.25, 0.3) is 0 Å². The third-order valence-corrected chi connectivity index (χ3v) is 10.2. The Kier molecular flexibility index (Phi) is 8.30. The second-order valence-electron chi connectivity index (χ2n) is 12.7. The van der Waals surface area contributed by atoms with Crippen LogP contribution in [0.4, 0.5) is 24.5 Å². The topological polar surface area (TPSA) is 64.8 Å². The minimum atomic E-state index is -4.83. The van der Waals surface area contributed by atoms with Crippen molar-refractivity contribution < 1.29 is 23.1 Å². The van der Waals surface area contributed by atoms with Crippen LogP contribution in [0, 0.1) is 11.3 Å². The molecule has 1 aromatic heterocycles. The van der Waals surface area contributed by atoms with E-state index < -0.39 is 29.4 Å². The fourth-order valence-corrected chi connectivity index (χ4v) is 7.44. The molecular formula is C32H36Cl2F3N5O2. The molecule has 2 aromatic carbocycles. The number of piperazine rings is 1. The van der Waals surface area contributed by atoms with E-state index in [-0.39, 0.29) is 19.0 Å². The number of alkyl halides is 3. The zero-order valence-corrected chi connectivity index (χ0v) is 25.8. The molecule has 3 heterocycles. The van der Waals surface area contributed by atoms with Crippen LogP contribution in [0.2, 0.25) is 5.02 Å². The van der Waals surface area contributed by atoms with Crippen molar-refractivity contribution in [1.29, 1.82) is 0 Å². The van der Waals surface area contributed by atoms with E-state index in [1.54, 1.807) is 0 Å². The molecule has 0 amide bonds. The maximum atomic E-state index is 13.9. The molecule has 0 bridgehead atoms. The molecule has 2 aliphatic carbocycles. The third-order valence-electron chi connectivity index (χ3n) is 9.98. The summed E-state index contributed by atoms with van der Waals surface area (Å²) in [4.78, 5) is 18.6. The summed E-state index contributed by atoms with van der Waals surface area (Å²) in [6, 6.07) is 13.5. The van der Waals surface area contributed by atoms with Gasteiger partial charge in [0, 0.05) is 67.8 Å². The van der Waals surface area contributed by atoms with Gasteiger partial charge in [-0.1, -0.05) is 29.8 Å². The molecule has 1 N–H and O–H groups in total.